The van der Waals surface area contributed by atoms with Crippen molar-refractivity contribution in [3.63, 3.8) is 0 Å². The number of hydrogen-bond donors (Lipinski definition) is 1. The van der Waals surface area contributed by atoms with Gasteiger partial charge in [0.15, 0.2) is 0 Å². The number of piperidine rings is 1. The van der Waals surface area contributed by atoms with Crippen molar-refractivity contribution < 1.29 is 9.90 Å². The van der Waals surface area contributed by atoms with E-state index >= 15 is 0 Å². The molecule has 134 valence electrons. The zero-order chi connectivity index (χ0) is 17.7. The zero-order valence-corrected chi connectivity index (χ0v) is 15.4. The Balaban J connectivity index is 1.84. The minimum Gasteiger partial charge on any atom is -0.481 e. The van der Waals surface area contributed by atoms with Crippen molar-refractivity contribution in [2.45, 2.75) is 57.5 Å². The van der Waals surface area contributed by atoms with E-state index in [2.05, 4.69) is 54.8 Å². The van der Waals surface area contributed by atoms with E-state index in [0.29, 0.717) is 24.5 Å². The van der Waals surface area contributed by atoms with E-state index in [4.69, 9.17) is 0 Å². The second-order valence-electron chi connectivity index (χ2n) is 7.86. The number of likely N-dealkylation sites (tertiary alicyclic amines) is 1. The molecule has 4 nitrogen and oxygen atoms in total. The SMILES string of the molecule is CCC(CC)n1cc2c3c(cccc31)[C@H]1CC(C(=O)O)CN(C)[C@@H]1C2. The number of aliphatic carboxylic acids is 1. The van der Waals surface area contributed by atoms with Crippen LogP contribution in [-0.4, -0.2) is 40.2 Å². The number of likely N-dealkylation sites (N-methyl/N-ethyl adjacent to an activating group) is 1. The molecule has 1 aromatic carbocycles. The van der Waals surface area contributed by atoms with Crippen LogP contribution in [0.1, 0.15) is 56.2 Å². The number of carbonyl (C=O) groups is 1. The molecule has 0 amide bonds. The van der Waals surface area contributed by atoms with Crippen LogP contribution in [-0.2, 0) is 11.2 Å². The molecule has 2 aliphatic rings. The number of carboxylic acids is 1. The van der Waals surface area contributed by atoms with Crippen LogP contribution >= 0.6 is 0 Å². The molecule has 2 aromatic rings. The van der Waals surface area contributed by atoms with Gasteiger partial charge in [0.2, 0.25) is 0 Å². The molecule has 2 heterocycles. The number of benzene rings is 1. The van der Waals surface area contributed by atoms with Crippen LogP contribution in [0, 0.1) is 5.92 Å². The summed E-state index contributed by atoms with van der Waals surface area (Å²) in [5.41, 5.74) is 4.14. The van der Waals surface area contributed by atoms with Gasteiger partial charge in [-0.05, 0) is 49.9 Å². The molecule has 0 radical (unpaired) electrons. The molecule has 3 atom stereocenters. The Bertz CT molecular complexity index is 806. The van der Waals surface area contributed by atoms with Crippen LogP contribution in [0.4, 0.5) is 0 Å². The second kappa shape index (κ2) is 6.17. The molecule has 4 heteroatoms. The smallest absolute Gasteiger partial charge is 0.307 e. The average molecular weight is 340 g/mol. The van der Waals surface area contributed by atoms with Gasteiger partial charge in [-0.1, -0.05) is 26.0 Å². The first-order valence-corrected chi connectivity index (χ1v) is 9.60. The Morgan fingerprint density at radius 1 is 1.32 bits per heavy atom. The summed E-state index contributed by atoms with van der Waals surface area (Å²) in [4.78, 5) is 13.9. The number of rotatable bonds is 4. The third kappa shape index (κ3) is 2.50. The maximum atomic E-state index is 11.6. The number of carboxylic acid groups (broad SMARTS) is 1. The highest BCUT2D eigenvalue weighted by Gasteiger charge is 2.41. The van der Waals surface area contributed by atoms with Gasteiger partial charge in [0.1, 0.15) is 0 Å². The Morgan fingerprint density at radius 2 is 2.08 bits per heavy atom. The van der Waals surface area contributed by atoms with E-state index in [1.54, 1.807) is 0 Å². The fourth-order valence-electron chi connectivity index (χ4n) is 5.24. The summed E-state index contributed by atoms with van der Waals surface area (Å²) in [5.74, 6) is -0.587. The van der Waals surface area contributed by atoms with Gasteiger partial charge in [0.25, 0.3) is 0 Å². The number of hydrogen-bond acceptors (Lipinski definition) is 2. The van der Waals surface area contributed by atoms with E-state index in [1.807, 2.05) is 0 Å². The highest BCUT2D eigenvalue weighted by atomic mass is 16.4. The third-order valence-electron chi connectivity index (χ3n) is 6.56. The number of aromatic nitrogens is 1. The lowest BCUT2D eigenvalue weighted by molar-refractivity contribution is -0.144. The van der Waals surface area contributed by atoms with Crippen LogP contribution in [0.25, 0.3) is 10.9 Å². The quantitative estimate of drug-likeness (QED) is 0.913. The van der Waals surface area contributed by atoms with Crippen LogP contribution in [0.2, 0.25) is 0 Å². The maximum Gasteiger partial charge on any atom is 0.307 e. The third-order valence-corrected chi connectivity index (χ3v) is 6.56. The van der Waals surface area contributed by atoms with Crippen molar-refractivity contribution in [2.24, 2.45) is 5.92 Å². The first-order chi connectivity index (χ1) is 12.0. The molecule has 0 spiro atoms. The number of nitrogens with zero attached hydrogens (tertiary/aromatic N) is 2. The molecule has 0 bridgehead atoms. The lowest BCUT2D eigenvalue weighted by Gasteiger charge is -2.44. The molecule has 0 saturated carbocycles. The Hall–Kier alpha value is -1.81. The molecule has 4 rings (SSSR count). The minimum atomic E-state index is -0.655. The van der Waals surface area contributed by atoms with Gasteiger partial charge in [-0.25, -0.2) is 0 Å². The lowest BCUT2D eigenvalue weighted by atomic mass is 9.72. The van der Waals surface area contributed by atoms with Crippen LogP contribution in [0.15, 0.2) is 24.4 Å². The summed E-state index contributed by atoms with van der Waals surface area (Å²) in [6.45, 7) is 5.18. The van der Waals surface area contributed by atoms with Crippen LogP contribution in [0.5, 0.6) is 0 Å². The molecule has 1 unspecified atom stereocenters. The Kier molecular flexibility index (Phi) is 4.11. The first kappa shape index (κ1) is 16.6. The van der Waals surface area contributed by atoms with Gasteiger partial charge in [0, 0.05) is 41.6 Å². The van der Waals surface area contributed by atoms with E-state index < -0.39 is 5.97 Å². The van der Waals surface area contributed by atoms with Gasteiger partial charge in [-0.2, -0.15) is 0 Å². The summed E-state index contributed by atoms with van der Waals surface area (Å²) < 4.78 is 2.47. The van der Waals surface area contributed by atoms with E-state index in [1.165, 1.54) is 22.0 Å². The summed E-state index contributed by atoms with van der Waals surface area (Å²) in [6.07, 6.45) is 6.45. The summed E-state index contributed by atoms with van der Waals surface area (Å²) in [6, 6.07) is 7.59. The van der Waals surface area contributed by atoms with Crippen molar-refractivity contribution in [1.82, 2.24) is 9.47 Å². The van der Waals surface area contributed by atoms with Crippen molar-refractivity contribution >= 4 is 16.9 Å². The molecule has 1 N–H and O–H groups in total. The Labute approximate surface area is 149 Å². The van der Waals surface area contributed by atoms with Crippen LogP contribution < -0.4 is 0 Å². The largest absolute Gasteiger partial charge is 0.481 e. The molecule has 25 heavy (non-hydrogen) atoms. The summed E-state index contributed by atoms with van der Waals surface area (Å²) >= 11 is 0. The summed E-state index contributed by atoms with van der Waals surface area (Å²) in [5, 5.41) is 10.9. The van der Waals surface area contributed by atoms with E-state index in [-0.39, 0.29) is 5.92 Å². The predicted molar refractivity (Wildman–Crippen MR) is 100 cm³/mol. The number of fused-ring (bicyclic) bond motifs is 2. The highest BCUT2D eigenvalue weighted by Crippen LogP contribution is 2.45. The van der Waals surface area contributed by atoms with E-state index in [9.17, 15) is 9.90 Å². The minimum absolute atomic E-state index is 0.260. The maximum absolute atomic E-state index is 11.6. The predicted octanol–water partition coefficient (Wildman–Crippen LogP) is 4.05. The van der Waals surface area contributed by atoms with Gasteiger partial charge in [-0.3, -0.25) is 4.79 Å². The highest BCUT2D eigenvalue weighted by molar-refractivity contribution is 5.89. The molecular weight excluding hydrogens is 312 g/mol. The van der Waals surface area contributed by atoms with Crippen molar-refractivity contribution in [3.05, 3.63) is 35.5 Å². The van der Waals surface area contributed by atoms with Crippen molar-refractivity contribution in [1.29, 1.82) is 0 Å². The van der Waals surface area contributed by atoms with Crippen LogP contribution in [0.3, 0.4) is 0 Å². The molecule has 1 aliphatic heterocycles. The van der Waals surface area contributed by atoms with Crippen molar-refractivity contribution in [3.8, 4) is 0 Å². The van der Waals surface area contributed by atoms with Crippen molar-refractivity contribution in [2.75, 3.05) is 13.6 Å². The Morgan fingerprint density at radius 3 is 2.76 bits per heavy atom. The van der Waals surface area contributed by atoms with Gasteiger partial charge >= 0.3 is 5.97 Å². The first-order valence-electron chi connectivity index (χ1n) is 9.60. The fraction of sp³-hybridized carbons (Fsp3) is 0.571. The average Bonchev–Trinajstić information content (AvgIpc) is 2.97. The summed E-state index contributed by atoms with van der Waals surface area (Å²) in [7, 11) is 2.09. The second-order valence-corrected chi connectivity index (χ2v) is 7.86. The van der Waals surface area contributed by atoms with Gasteiger partial charge in [0.05, 0.1) is 5.92 Å². The zero-order valence-electron chi connectivity index (χ0n) is 15.4. The normalized spacial score (nSPS) is 26.2. The standard InChI is InChI=1S/C21H28N2O2/c1-4-15(5-2)23-12-13-10-19-17(9-14(21(24)25)11-22(19)3)16-7-6-8-18(23)20(13)16/h6-8,12,14-15,17,19H,4-5,9-11H2,1-3H3,(H,24,25)/t14?,17-,19-/m1/s1. The molecular formula is C21H28N2O2. The fourth-order valence-corrected chi connectivity index (χ4v) is 5.24. The van der Waals surface area contributed by atoms with Gasteiger partial charge < -0.3 is 14.6 Å². The lowest BCUT2D eigenvalue weighted by Crippen LogP contribution is -2.49. The molecule has 1 aliphatic carbocycles. The van der Waals surface area contributed by atoms with Gasteiger partial charge in [-0.15, -0.1) is 0 Å². The molecule has 1 saturated heterocycles. The monoisotopic (exact) mass is 340 g/mol. The topological polar surface area (TPSA) is 45.5 Å². The van der Waals surface area contributed by atoms with E-state index in [0.717, 1.165) is 25.7 Å². The molecule has 1 aromatic heterocycles. The molecule has 1 fully saturated rings.